The van der Waals surface area contributed by atoms with E-state index >= 15 is 0 Å². The lowest BCUT2D eigenvalue weighted by molar-refractivity contribution is -0.0440. The molecule has 0 radical (unpaired) electrons. The van der Waals surface area contributed by atoms with Crippen molar-refractivity contribution in [2.75, 3.05) is 25.2 Å². The second kappa shape index (κ2) is 7.66. The lowest BCUT2D eigenvalue weighted by Gasteiger charge is -2.34. The molecule has 1 fully saturated rings. The van der Waals surface area contributed by atoms with Crippen LogP contribution in [0.3, 0.4) is 0 Å². The van der Waals surface area contributed by atoms with Crippen molar-refractivity contribution in [1.82, 2.24) is 4.31 Å². The second-order valence-corrected chi connectivity index (χ2v) is 9.07. The van der Waals surface area contributed by atoms with E-state index in [-0.39, 0.29) is 42.5 Å². The van der Waals surface area contributed by atoms with Crippen LogP contribution in [0.15, 0.2) is 47.4 Å². The number of hydrogen-bond donors (Lipinski definition) is 1. The minimum atomic E-state index is -3.73. The number of hydrogen-bond acceptors (Lipinski definition) is 6. The maximum absolute atomic E-state index is 13.0. The number of anilines is 1. The van der Waals surface area contributed by atoms with E-state index in [0.29, 0.717) is 17.2 Å². The quantitative estimate of drug-likeness (QED) is 0.820. The number of rotatable bonds is 4. The summed E-state index contributed by atoms with van der Waals surface area (Å²) in [7, 11) is -3.73. The van der Waals surface area contributed by atoms with Gasteiger partial charge < -0.3 is 19.5 Å². The molecule has 0 aliphatic carbocycles. The molecule has 4 rings (SSSR count). The van der Waals surface area contributed by atoms with Gasteiger partial charge in [-0.1, -0.05) is 6.07 Å². The molecule has 1 amide bonds. The SMILES string of the molecule is C[C@@H]1CN(S(=O)(=O)c2cccc(C(=O)Nc3ccc4c(c3)OCO4)c2)C[C@H](C)O1. The molecule has 2 aromatic rings. The Morgan fingerprint density at radius 3 is 2.52 bits per heavy atom. The highest BCUT2D eigenvalue weighted by Gasteiger charge is 2.32. The number of carbonyl (C=O) groups excluding carboxylic acids is 1. The van der Waals surface area contributed by atoms with E-state index in [0.717, 1.165) is 0 Å². The van der Waals surface area contributed by atoms with E-state index in [9.17, 15) is 13.2 Å². The van der Waals surface area contributed by atoms with E-state index < -0.39 is 15.9 Å². The Morgan fingerprint density at radius 2 is 1.76 bits per heavy atom. The molecule has 29 heavy (non-hydrogen) atoms. The predicted octanol–water partition coefficient (Wildman–Crippen LogP) is 2.47. The van der Waals surface area contributed by atoms with Crippen molar-refractivity contribution < 1.29 is 27.4 Å². The normalized spacial score (nSPS) is 21.7. The van der Waals surface area contributed by atoms with Crippen LogP contribution in [-0.2, 0) is 14.8 Å². The predicted molar refractivity (Wildman–Crippen MR) is 106 cm³/mol. The van der Waals surface area contributed by atoms with E-state index in [1.807, 2.05) is 13.8 Å². The highest BCUT2D eigenvalue weighted by molar-refractivity contribution is 7.89. The molecule has 1 saturated heterocycles. The third kappa shape index (κ3) is 4.07. The van der Waals surface area contributed by atoms with Gasteiger partial charge in [0.25, 0.3) is 5.91 Å². The standard InChI is InChI=1S/C20H22N2O6S/c1-13-10-22(11-14(2)28-13)29(24,25)17-5-3-4-15(8-17)20(23)21-16-6-7-18-19(9-16)27-12-26-18/h3-9,13-14H,10-12H2,1-2H3,(H,21,23)/t13-,14+. The number of fused-ring (bicyclic) bond motifs is 1. The summed E-state index contributed by atoms with van der Waals surface area (Å²) in [5, 5.41) is 2.76. The number of morpholine rings is 1. The van der Waals surface area contributed by atoms with E-state index in [1.54, 1.807) is 30.3 Å². The monoisotopic (exact) mass is 418 g/mol. The molecule has 9 heteroatoms. The van der Waals surface area contributed by atoms with Gasteiger partial charge in [-0.2, -0.15) is 4.31 Å². The first-order valence-electron chi connectivity index (χ1n) is 9.29. The van der Waals surface area contributed by atoms with Crippen molar-refractivity contribution in [3.63, 3.8) is 0 Å². The Balaban J connectivity index is 1.54. The maximum atomic E-state index is 13.0. The summed E-state index contributed by atoms with van der Waals surface area (Å²) >= 11 is 0. The number of amides is 1. The van der Waals surface area contributed by atoms with E-state index in [4.69, 9.17) is 14.2 Å². The van der Waals surface area contributed by atoms with Gasteiger partial charge in [-0.3, -0.25) is 4.79 Å². The van der Waals surface area contributed by atoms with Crippen LogP contribution in [-0.4, -0.2) is 50.7 Å². The van der Waals surface area contributed by atoms with Crippen molar-refractivity contribution in [2.24, 2.45) is 0 Å². The smallest absolute Gasteiger partial charge is 0.255 e. The van der Waals surface area contributed by atoms with Crippen molar-refractivity contribution in [2.45, 2.75) is 31.0 Å². The Morgan fingerprint density at radius 1 is 1.03 bits per heavy atom. The first-order valence-corrected chi connectivity index (χ1v) is 10.7. The van der Waals surface area contributed by atoms with Gasteiger partial charge >= 0.3 is 0 Å². The van der Waals surface area contributed by atoms with Crippen LogP contribution in [0.4, 0.5) is 5.69 Å². The zero-order chi connectivity index (χ0) is 20.6. The number of ether oxygens (including phenoxy) is 3. The third-order valence-corrected chi connectivity index (χ3v) is 6.58. The van der Waals surface area contributed by atoms with Crippen molar-refractivity contribution in [3.8, 4) is 11.5 Å². The van der Waals surface area contributed by atoms with Crippen molar-refractivity contribution >= 4 is 21.6 Å². The van der Waals surface area contributed by atoms with Gasteiger partial charge in [0.15, 0.2) is 11.5 Å². The molecule has 2 atom stereocenters. The summed E-state index contributed by atoms with van der Waals surface area (Å²) in [5.74, 6) is 0.754. The molecule has 0 saturated carbocycles. The molecule has 2 aliphatic rings. The minimum Gasteiger partial charge on any atom is -0.454 e. The highest BCUT2D eigenvalue weighted by Crippen LogP contribution is 2.34. The Hall–Kier alpha value is -2.62. The fourth-order valence-corrected chi connectivity index (χ4v) is 5.09. The summed E-state index contributed by atoms with van der Waals surface area (Å²) in [4.78, 5) is 12.7. The van der Waals surface area contributed by atoms with E-state index in [2.05, 4.69) is 5.32 Å². The van der Waals surface area contributed by atoms with Gasteiger partial charge in [-0.25, -0.2) is 8.42 Å². The van der Waals surface area contributed by atoms with Crippen LogP contribution in [0.1, 0.15) is 24.2 Å². The summed E-state index contributed by atoms with van der Waals surface area (Å²) in [6.45, 7) is 4.38. The molecule has 2 aliphatic heterocycles. The molecule has 1 N–H and O–H groups in total. The lowest BCUT2D eigenvalue weighted by Crippen LogP contribution is -2.48. The summed E-state index contributed by atoms with van der Waals surface area (Å²) in [5.41, 5.74) is 0.779. The molecule has 0 unspecified atom stereocenters. The van der Waals surface area contributed by atoms with Gasteiger partial charge in [0.1, 0.15) is 0 Å². The van der Waals surface area contributed by atoms with Crippen molar-refractivity contribution in [1.29, 1.82) is 0 Å². The largest absolute Gasteiger partial charge is 0.454 e. The molecule has 2 aromatic carbocycles. The second-order valence-electron chi connectivity index (χ2n) is 7.13. The third-order valence-electron chi connectivity index (χ3n) is 4.75. The molecule has 0 aromatic heterocycles. The Labute approximate surface area is 169 Å². The number of nitrogens with zero attached hydrogens (tertiary/aromatic N) is 1. The maximum Gasteiger partial charge on any atom is 0.255 e. The molecule has 0 bridgehead atoms. The van der Waals surface area contributed by atoms with Gasteiger partial charge in [-0.05, 0) is 44.2 Å². The molecule has 154 valence electrons. The van der Waals surface area contributed by atoms with Gasteiger partial charge in [-0.15, -0.1) is 0 Å². The molecule has 8 nitrogen and oxygen atoms in total. The highest BCUT2D eigenvalue weighted by atomic mass is 32.2. The molecule has 2 heterocycles. The van der Waals surface area contributed by atoms with Gasteiger partial charge in [0.05, 0.1) is 17.1 Å². The number of sulfonamides is 1. The summed E-state index contributed by atoms with van der Waals surface area (Å²) < 4.78 is 43.7. The number of benzene rings is 2. The first kappa shape index (κ1) is 19.7. The summed E-state index contributed by atoms with van der Waals surface area (Å²) in [6, 6.07) is 11.1. The fraction of sp³-hybridized carbons (Fsp3) is 0.350. The van der Waals surface area contributed by atoms with Crippen LogP contribution in [0, 0.1) is 0 Å². The average Bonchev–Trinajstić information content (AvgIpc) is 3.15. The van der Waals surface area contributed by atoms with Crippen LogP contribution >= 0.6 is 0 Å². The fourth-order valence-electron chi connectivity index (χ4n) is 3.45. The zero-order valence-corrected chi connectivity index (χ0v) is 16.9. The van der Waals surface area contributed by atoms with Crippen LogP contribution in [0.25, 0.3) is 0 Å². The van der Waals surface area contributed by atoms with Gasteiger partial charge in [0, 0.05) is 30.4 Å². The topological polar surface area (TPSA) is 94.2 Å². The van der Waals surface area contributed by atoms with E-state index in [1.165, 1.54) is 16.4 Å². The summed E-state index contributed by atoms with van der Waals surface area (Å²) in [6.07, 6.45) is -0.378. The Bertz CT molecular complexity index is 1030. The van der Waals surface area contributed by atoms with Crippen molar-refractivity contribution in [3.05, 3.63) is 48.0 Å². The first-order chi connectivity index (χ1) is 13.8. The van der Waals surface area contributed by atoms with Crippen LogP contribution < -0.4 is 14.8 Å². The molecular weight excluding hydrogens is 396 g/mol. The van der Waals surface area contributed by atoms with Crippen LogP contribution in [0.2, 0.25) is 0 Å². The minimum absolute atomic E-state index is 0.0807. The average molecular weight is 418 g/mol. The zero-order valence-electron chi connectivity index (χ0n) is 16.1. The molecule has 0 spiro atoms. The number of carbonyl (C=O) groups is 1. The van der Waals surface area contributed by atoms with Gasteiger partial charge in [0.2, 0.25) is 16.8 Å². The number of nitrogens with one attached hydrogen (secondary N) is 1. The molecular formula is C20H22N2O6S. The van der Waals surface area contributed by atoms with Crippen LogP contribution in [0.5, 0.6) is 11.5 Å². The Kier molecular flexibility index (Phi) is 5.20. The lowest BCUT2D eigenvalue weighted by atomic mass is 10.2.